The van der Waals surface area contributed by atoms with Gasteiger partial charge in [-0.15, -0.1) is 11.3 Å². The van der Waals surface area contributed by atoms with Crippen molar-refractivity contribution in [3.05, 3.63) is 57.6 Å². The van der Waals surface area contributed by atoms with Crippen molar-refractivity contribution in [1.29, 1.82) is 0 Å². The van der Waals surface area contributed by atoms with Crippen LogP contribution in [0.3, 0.4) is 0 Å². The number of Topliss-reactive ketones (excluding diaryl/α,β-unsaturated/α-hetero) is 1. The quantitative estimate of drug-likeness (QED) is 0.734. The van der Waals surface area contributed by atoms with Gasteiger partial charge in [0.05, 0.1) is 10.4 Å². The summed E-state index contributed by atoms with van der Waals surface area (Å²) in [6, 6.07) is 10.5. The van der Waals surface area contributed by atoms with Gasteiger partial charge in [-0.05, 0) is 36.7 Å². The molecule has 3 nitrogen and oxygen atoms in total. The molecule has 136 valence electrons. The molecule has 4 rings (SSSR count). The van der Waals surface area contributed by atoms with E-state index < -0.39 is 0 Å². The molecule has 2 aliphatic carbocycles. The zero-order chi connectivity index (χ0) is 18.0. The van der Waals surface area contributed by atoms with Crippen LogP contribution in [0.5, 0.6) is 0 Å². The average molecular weight is 367 g/mol. The number of carbonyl (C=O) groups excluding carboxylic acids is 1. The molecule has 2 aliphatic rings. The Balaban J connectivity index is 1.59. The number of rotatable bonds is 5. The monoisotopic (exact) mass is 366 g/mol. The van der Waals surface area contributed by atoms with Crippen molar-refractivity contribution in [2.75, 3.05) is 5.32 Å². The van der Waals surface area contributed by atoms with Gasteiger partial charge >= 0.3 is 0 Å². The van der Waals surface area contributed by atoms with Crippen LogP contribution in [0.15, 0.2) is 47.1 Å². The standard InChI is InChI=1S/C22H26N2OS/c1-2-17-18(13-22(14-19(17)25)10-6-7-11-22)24-21-20(26-15-23-21)12-16-8-4-3-5-9-16/h3-5,8-9,15,24H,2,6-7,10-14H2,1H3. The summed E-state index contributed by atoms with van der Waals surface area (Å²) in [5.74, 6) is 1.28. The zero-order valence-electron chi connectivity index (χ0n) is 15.4. The molecule has 0 amide bonds. The molecule has 0 bridgehead atoms. The average Bonchev–Trinajstić information content (AvgIpc) is 3.26. The molecule has 4 heteroatoms. The molecule has 0 aliphatic heterocycles. The largest absolute Gasteiger partial charge is 0.342 e. The Morgan fingerprint density at radius 1 is 1.15 bits per heavy atom. The van der Waals surface area contributed by atoms with Crippen molar-refractivity contribution >= 4 is 22.9 Å². The van der Waals surface area contributed by atoms with Crippen molar-refractivity contribution in [2.45, 2.75) is 58.3 Å². The van der Waals surface area contributed by atoms with E-state index in [1.54, 1.807) is 11.3 Å². The number of anilines is 1. The summed E-state index contributed by atoms with van der Waals surface area (Å²) in [5, 5.41) is 3.59. The van der Waals surface area contributed by atoms with Gasteiger partial charge in [-0.25, -0.2) is 4.98 Å². The maximum atomic E-state index is 12.8. The highest BCUT2D eigenvalue weighted by molar-refractivity contribution is 7.10. The summed E-state index contributed by atoms with van der Waals surface area (Å²) < 4.78 is 0. The van der Waals surface area contributed by atoms with Gasteiger partial charge in [0.2, 0.25) is 0 Å². The molecule has 1 fully saturated rings. The van der Waals surface area contributed by atoms with Gasteiger partial charge < -0.3 is 5.32 Å². The Morgan fingerprint density at radius 3 is 2.65 bits per heavy atom. The molecule has 0 atom stereocenters. The Morgan fingerprint density at radius 2 is 1.92 bits per heavy atom. The van der Waals surface area contributed by atoms with E-state index in [4.69, 9.17) is 0 Å². The van der Waals surface area contributed by atoms with Gasteiger partial charge in [0.15, 0.2) is 5.78 Å². The first-order chi connectivity index (χ1) is 12.7. The summed E-state index contributed by atoms with van der Waals surface area (Å²) in [6.45, 7) is 2.09. The lowest BCUT2D eigenvalue weighted by molar-refractivity contribution is -0.118. The number of hydrogen-bond donors (Lipinski definition) is 1. The Kier molecular flexibility index (Phi) is 4.94. The maximum Gasteiger partial charge on any atom is 0.161 e. The van der Waals surface area contributed by atoms with Crippen LogP contribution in [0.4, 0.5) is 5.82 Å². The predicted molar refractivity (Wildman–Crippen MR) is 107 cm³/mol. The minimum atomic E-state index is 0.202. The maximum absolute atomic E-state index is 12.8. The fourth-order valence-corrected chi connectivity index (χ4v) is 5.34. The number of thiazole rings is 1. The van der Waals surface area contributed by atoms with E-state index in [9.17, 15) is 4.79 Å². The molecule has 0 saturated heterocycles. The van der Waals surface area contributed by atoms with E-state index in [0.717, 1.165) is 42.8 Å². The van der Waals surface area contributed by atoms with Crippen LogP contribution >= 0.6 is 11.3 Å². The number of benzene rings is 1. The molecule has 0 unspecified atom stereocenters. The van der Waals surface area contributed by atoms with Gasteiger partial charge in [-0.3, -0.25) is 4.79 Å². The molecule has 2 aromatic rings. The SMILES string of the molecule is CCC1=C(Nc2ncsc2Cc2ccccc2)CC2(CCCC2)CC1=O. The molecule has 1 aromatic carbocycles. The molecule has 0 radical (unpaired) electrons. The van der Waals surface area contributed by atoms with E-state index in [1.807, 2.05) is 11.6 Å². The van der Waals surface area contributed by atoms with Crippen molar-refractivity contribution in [1.82, 2.24) is 4.98 Å². The number of allylic oxidation sites excluding steroid dienone is 2. The number of ketones is 1. The molecular weight excluding hydrogens is 340 g/mol. The lowest BCUT2D eigenvalue weighted by Gasteiger charge is -2.35. The zero-order valence-corrected chi connectivity index (χ0v) is 16.2. The smallest absolute Gasteiger partial charge is 0.161 e. The first kappa shape index (κ1) is 17.5. The van der Waals surface area contributed by atoms with Gasteiger partial charge in [0, 0.05) is 24.1 Å². The van der Waals surface area contributed by atoms with Gasteiger partial charge in [0.1, 0.15) is 5.82 Å². The summed E-state index contributed by atoms with van der Waals surface area (Å²) in [4.78, 5) is 18.6. The molecule has 1 aromatic heterocycles. The lowest BCUT2D eigenvalue weighted by Crippen LogP contribution is -2.31. The molecule has 1 saturated carbocycles. The fraction of sp³-hybridized carbons (Fsp3) is 0.455. The number of hydrogen-bond acceptors (Lipinski definition) is 4. The number of carbonyl (C=O) groups is 1. The van der Waals surface area contributed by atoms with Crippen molar-refractivity contribution in [2.24, 2.45) is 5.41 Å². The summed E-state index contributed by atoms with van der Waals surface area (Å²) in [6.07, 6.45) is 8.33. The summed E-state index contributed by atoms with van der Waals surface area (Å²) >= 11 is 1.69. The van der Waals surface area contributed by atoms with E-state index in [2.05, 4.69) is 41.5 Å². The van der Waals surface area contributed by atoms with Crippen LogP contribution in [0.1, 0.15) is 62.3 Å². The summed E-state index contributed by atoms with van der Waals surface area (Å²) in [7, 11) is 0. The molecular formula is C22H26N2OS. The highest BCUT2D eigenvalue weighted by Crippen LogP contribution is 2.50. The van der Waals surface area contributed by atoms with E-state index in [0.29, 0.717) is 5.78 Å². The lowest BCUT2D eigenvalue weighted by atomic mass is 9.71. The first-order valence-electron chi connectivity index (χ1n) is 9.68. The van der Waals surface area contributed by atoms with Gasteiger partial charge in [0.25, 0.3) is 0 Å². The molecule has 1 heterocycles. The second-order valence-electron chi connectivity index (χ2n) is 7.71. The minimum Gasteiger partial charge on any atom is -0.342 e. The van der Waals surface area contributed by atoms with Crippen LogP contribution < -0.4 is 5.32 Å². The Labute approximate surface area is 159 Å². The third-order valence-electron chi connectivity index (χ3n) is 5.92. The Bertz CT molecular complexity index is 816. The highest BCUT2D eigenvalue weighted by Gasteiger charge is 2.41. The van der Waals surface area contributed by atoms with E-state index in [1.165, 1.54) is 36.1 Å². The van der Waals surface area contributed by atoms with Crippen LogP contribution in [0.2, 0.25) is 0 Å². The highest BCUT2D eigenvalue weighted by atomic mass is 32.1. The van der Waals surface area contributed by atoms with Crippen LogP contribution in [-0.4, -0.2) is 10.8 Å². The van der Waals surface area contributed by atoms with Crippen LogP contribution in [0.25, 0.3) is 0 Å². The first-order valence-corrected chi connectivity index (χ1v) is 10.6. The van der Waals surface area contributed by atoms with Crippen molar-refractivity contribution < 1.29 is 4.79 Å². The molecule has 26 heavy (non-hydrogen) atoms. The van der Waals surface area contributed by atoms with E-state index in [-0.39, 0.29) is 5.41 Å². The normalized spacial score (nSPS) is 19.3. The summed E-state index contributed by atoms with van der Waals surface area (Å²) in [5.41, 5.74) is 5.51. The van der Waals surface area contributed by atoms with Gasteiger partial charge in [-0.1, -0.05) is 50.1 Å². The second-order valence-corrected chi connectivity index (χ2v) is 8.65. The third kappa shape index (κ3) is 3.48. The van der Waals surface area contributed by atoms with Gasteiger partial charge in [-0.2, -0.15) is 0 Å². The molecule has 1 spiro atoms. The number of nitrogens with one attached hydrogen (secondary N) is 1. The Hall–Kier alpha value is -1.94. The van der Waals surface area contributed by atoms with Crippen molar-refractivity contribution in [3.8, 4) is 0 Å². The second kappa shape index (κ2) is 7.36. The third-order valence-corrected chi connectivity index (χ3v) is 6.76. The van der Waals surface area contributed by atoms with Crippen molar-refractivity contribution in [3.63, 3.8) is 0 Å². The van der Waals surface area contributed by atoms with Crippen LogP contribution in [0, 0.1) is 5.41 Å². The minimum absolute atomic E-state index is 0.202. The number of nitrogens with zero attached hydrogens (tertiary/aromatic N) is 1. The van der Waals surface area contributed by atoms with E-state index >= 15 is 0 Å². The predicted octanol–water partition coefficient (Wildman–Crippen LogP) is 5.73. The molecule has 1 N–H and O–H groups in total. The fourth-order valence-electron chi connectivity index (χ4n) is 4.59. The van der Waals surface area contributed by atoms with Crippen LogP contribution in [-0.2, 0) is 11.2 Å². The topological polar surface area (TPSA) is 42.0 Å². The number of aromatic nitrogens is 1.